The van der Waals surface area contributed by atoms with E-state index >= 15 is 0 Å². The predicted molar refractivity (Wildman–Crippen MR) is 70.0 cm³/mol. The van der Waals surface area contributed by atoms with Crippen molar-refractivity contribution >= 4 is 17.4 Å². The lowest BCUT2D eigenvalue weighted by atomic mass is 10.4. The molecular formula is C12H18ClN3O2. The van der Waals surface area contributed by atoms with Gasteiger partial charge in [-0.1, -0.05) is 11.6 Å². The van der Waals surface area contributed by atoms with Crippen LogP contribution in [0.1, 0.15) is 19.2 Å². The van der Waals surface area contributed by atoms with Gasteiger partial charge in [0.05, 0.1) is 6.61 Å². The molecule has 18 heavy (non-hydrogen) atoms. The van der Waals surface area contributed by atoms with Gasteiger partial charge in [0.2, 0.25) is 0 Å². The van der Waals surface area contributed by atoms with Gasteiger partial charge < -0.3 is 14.4 Å². The Morgan fingerprint density at radius 3 is 3.11 bits per heavy atom. The second-order valence-corrected chi connectivity index (χ2v) is 4.44. The van der Waals surface area contributed by atoms with Crippen LogP contribution in [0.2, 0.25) is 5.15 Å². The van der Waals surface area contributed by atoms with E-state index in [1.165, 1.54) is 0 Å². The lowest BCUT2D eigenvalue weighted by Crippen LogP contribution is -2.27. The Hall–Kier alpha value is -0.910. The van der Waals surface area contributed by atoms with Crippen LogP contribution in [0.15, 0.2) is 6.07 Å². The minimum Gasteiger partial charge on any atom is -0.380 e. The standard InChI is InChI=1S/C12H18ClN3O2/c1-2-17-9-11-14-10(13)8-12(15-11)16-4-3-6-18-7-5-16/h8H,2-7,9H2,1H3. The van der Waals surface area contributed by atoms with E-state index in [4.69, 9.17) is 21.1 Å². The zero-order valence-corrected chi connectivity index (χ0v) is 11.3. The van der Waals surface area contributed by atoms with E-state index in [1.807, 2.05) is 6.92 Å². The molecule has 1 aromatic rings. The lowest BCUT2D eigenvalue weighted by molar-refractivity contribution is 0.128. The Balaban J connectivity index is 2.12. The normalized spacial score (nSPS) is 16.7. The van der Waals surface area contributed by atoms with Gasteiger partial charge >= 0.3 is 0 Å². The number of anilines is 1. The van der Waals surface area contributed by atoms with Crippen molar-refractivity contribution in [2.24, 2.45) is 0 Å². The van der Waals surface area contributed by atoms with Gasteiger partial charge in [-0.2, -0.15) is 0 Å². The number of nitrogens with zero attached hydrogens (tertiary/aromatic N) is 3. The molecule has 0 spiro atoms. The maximum absolute atomic E-state index is 6.02. The summed E-state index contributed by atoms with van der Waals surface area (Å²) in [7, 11) is 0. The maximum Gasteiger partial charge on any atom is 0.158 e. The van der Waals surface area contributed by atoms with E-state index in [-0.39, 0.29) is 0 Å². The third-order valence-electron chi connectivity index (χ3n) is 2.71. The summed E-state index contributed by atoms with van der Waals surface area (Å²) in [6.07, 6.45) is 1.00. The molecule has 100 valence electrons. The van der Waals surface area contributed by atoms with E-state index in [9.17, 15) is 0 Å². The summed E-state index contributed by atoms with van der Waals surface area (Å²) in [5.41, 5.74) is 0. The molecule has 0 radical (unpaired) electrons. The molecule has 0 saturated carbocycles. The molecule has 0 amide bonds. The van der Waals surface area contributed by atoms with Gasteiger partial charge in [0, 0.05) is 32.4 Å². The van der Waals surface area contributed by atoms with Crippen molar-refractivity contribution in [2.45, 2.75) is 20.0 Å². The van der Waals surface area contributed by atoms with Gasteiger partial charge in [-0.3, -0.25) is 0 Å². The summed E-state index contributed by atoms with van der Waals surface area (Å²) < 4.78 is 10.7. The fourth-order valence-corrected chi connectivity index (χ4v) is 2.04. The molecule has 1 aliphatic rings. The highest BCUT2D eigenvalue weighted by Crippen LogP contribution is 2.17. The van der Waals surface area contributed by atoms with Crippen LogP contribution in [-0.4, -0.2) is 42.9 Å². The SMILES string of the molecule is CCOCc1nc(Cl)cc(N2CCCOCC2)n1. The van der Waals surface area contributed by atoms with Gasteiger partial charge in [0.25, 0.3) is 0 Å². The van der Waals surface area contributed by atoms with Crippen molar-refractivity contribution in [3.05, 3.63) is 17.0 Å². The molecule has 2 rings (SSSR count). The molecule has 1 fully saturated rings. The first kappa shape index (κ1) is 13.5. The quantitative estimate of drug-likeness (QED) is 0.783. The molecular weight excluding hydrogens is 254 g/mol. The topological polar surface area (TPSA) is 47.5 Å². The Morgan fingerprint density at radius 1 is 1.39 bits per heavy atom. The number of rotatable bonds is 4. The highest BCUT2D eigenvalue weighted by molar-refractivity contribution is 6.29. The second kappa shape index (κ2) is 6.87. The molecule has 0 unspecified atom stereocenters. The van der Waals surface area contributed by atoms with Gasteiger partial charge in [-0.15, -0.1) is 0 Å². The van der Waals surface area contributed by atoms with Crippen LogP contribution in [0, 0.1) is 0 Å². The van der Waals surface area contributed by atoms with E-state index in [1.54, 1.807) is 6.07 Å². The first-order valence-electron chi connectivity index (χ1n) is 6.23. The smallest absolute Gasteiger partial charge is 0.158 e. The molecule has 0 atom stereocenters. The summed E-state index contributed by atoms with van der Waals surface area (Å²) in [4.78, 5) is 10.8. The molecule has 0 bridgehead atoms. The third kappa shape index (κ3) is 3.80. The van der Waals surface area contributed by atoms with Crippen molar-refractivity contribution in [1.82, 2.24) is 9.97 Å². The van der Waals surface area contributed by atoms with Crippen LogP contribution >= 0.6 is 11.6 Å². The van der Waals surface area contributed by atoms with Crippen LogP contribution in [0.4, 0.5) is 5.82 Å². The van der Waals surface area contributed by atoms with E-state index in [0.29, 0.717) is 24.2 Å². The molecule has 0 N–H and O–H groups in total. The Kier molecular flexibility index (Phi) is 5.16. The van der Waals surface area contributed by atoms with Crippen LogP contribution in [0.25, 0.3) is 0 Å². The van der Waals surface area contributed by atoms with Crippen LogP contribution < -0.4 is 4.90 Å². The van der Waals surface area contributed by atoms with E-state index in [2.05, 4.69) is 14.9 Å². The summed E-state index contributed by atoms with van der Waals surface area (Å²) in [5, 5.41) is 0.458. The molecule has 6 heteroatoms. The molecule has 1 saturated heterocycles. The monoisotopic (exact) mass is 271 g/mol. The van der Waals surface area contributed by atoms with Gasteiger partial charge in [-0.25, -0.2) is 9.97 Å². The average Bonchev–Trinajstić information content (AvgIpc) is 2.64. The zero-order valence-electron chi connectivity index (χ0n) is 10.6. The molecule has 5 nitrogen and oxygen atoms in total. The molecule has 1 aliphatic heterocycles. The largest absolute Gasteiger partial charge is 0.380 e. The van der Waals surface area contributed by atoms with Crippen LogP contribution in [0.3, 0.4) is 0 Å². The Bertz CT molecular complexity index is 382. The number of aromatic nitrogens is 2. The number of hydrogen-bond acceptors (Lipinski definition) is 5. The van der Waals surface area contributed by atoms with Gasteiger partial charge in [-0.05, 0) is 13.3 Å². The van der Waals surface area contributed by atoms with Crippen molar-refractivity contribution in [2.75, 3.05) is 37.8 Å². The first-order chi connectivity index (χ1) is 8.79. The maximum atomic E-state index is 6.02. The fraction of sp³-hybridized carbons (Fsp3) is 0.667. The molecule has 0 aromatic carbocycles. The Morgan fingerprint density at radius 2 is 2.28 bits per heavy atom. The highest BCUT2D eigenvalue weighted by atomic mass is 35.5. The second-order valence-electron chi connectivity index (χ2n) is 4.06. The predicted octanol–water partition coefficient (Wildman–Crippen LogP) is 1.89. The van der Waals surface area contributed by atoms with Crippen LogP contribution in [0.5, 0.6) is 0 Å². The van der Waals surface area contributed by atoms with Crippen molar-refractivity contribution < 1.29 is 9.47 Å². The van der Waals surface area contributed by atoms with Gasteiger partial charge in [0.15, 0.2) is 5.82 Å². The average molecular weight is 272 g/mol. The van der Waals surface area contributed by atoms with Gasteiger partial charge in [0.1, 0.15) is 17.6 Å². The fourth-order valence-electron chi connectivity index (χ4n) is 1.85. The number of halogens is 1. The molecule has 2 heterocycles. The van der Waals surface area contributed by atoms with Crippen molar-refractivity contribution in [1.29, 1.82) is 0 Å². The number of hydrogen-bond donors (Lipinski definition) is 0. The number of ether oxygens (including phenoxy) is 2. The van der Waals surface area contributed by atoms with Crippen molar-refractivity contribution in [3.8, 4) is 0 Å². The summed E-state index contributed by atoms with van der Waals surface area (Å²) in [6.45, 7) is 6.28. The van der Waals surface area contributed by atoms with Crippen molar-refractivity contribution in [3.63, 3.8) is 0 Å². The van der Waals surface area contributed by atoms with Crippen LogP contribution in [-0.2, 0) is 16.1 Å². The minimum atomic E-state index is 0.397. The minimum absolute atomic E-state index is 0.397. The summed E-state index contributed by atoms with van der Waals surface area (Å²) >= 11 is 6.02. The summed E-state index contributed by atoms with van der Waals surface area (Å²) in [5.74, 6) is 1.49. The Labute approximate surface area is 112 Å². The highest BCUT2D eigenvalue weighted by Gasteiger charge is 2.13. The third-order valence-corrected chi connectivity index (χ3v) is 2.90. The van der Waals surface area contributed by atoms with E-state index < -0.39 is 0 Å². The lowest BCUT2D eigenvalue weighted by Gasteiger charge is -2.21. The zero-order chi connectivity index (χ0) is 12.8. The molecule has 1 aromatic heterocycles. The van der Waals surface area contributed by atoms with E-state index in [0.717, 1.165) is 38.5 Å². The summed E-state index contributed by atoms with van der Waals surface area (Å²) in [6, 6.07) is 1.79. The molecule has 0 aliphatic carbocycles. The first-order valence-corrected chi connectivity index (χ1v) is 6.61.